The standard InChI is InChI=1S/C15H24N2S/c1-3-17-15(9-13-4-6-18-7-5-13)14-8-12(2)10-16-11-14/h8,10-11,13,15,17H,3-7,9H2,1-2H3. The Morgan fingerprint density at radius 1 is 1.39 bits per heavy atom. The third kappa shape index (κ3) is 3.99. The van der Waals surface area contributed by atoms with Crippen molar-refractivity contribution in [2.45, 2.75) is 39.2 Å². The highest BCUT2D eigenvalue weighted by atomic mass is 32.2. The lowest BCUT2D eigenvalue weighted by Gasteiger charge is -2.27. The molecule has 0 saturated carbocycles. The van der Waals surface area contributed by atoms with Gasteiger partial charge in [-0.25, -0.2) is 0 Å². The van der Waals surface area contributed by atoms with E-state index in [4.69, 9.17) is 0 Å². The van der Waals surface area contributed by atoms with Gasteiger partial charge in [0.25, 0.3) is 0 Å². The molecule has 1 saturated heterocycles. The molecule has 1 atom stereocenters. The molecule has 0 aromatic carbocycles. The lowest BCUT2D eigenvalue weighted by molar-refractivity contribution is 0.374. The Morgan fingerprint density at radius 3 is 2.83 bits per heavy atom. The molecule has 0 aliphatic carbocycles. The summed E-state index contributed by atoms with van der Waals surface area (Å²) in [6, 6.07) is 2.76. The zero-order valence-corrected chi connectivity index (χ0v) is 12.3. The van der Waals surface area contributed by atoms with Gasteiger partial charge in [0.1, 0.15) is 0 Å². The fraction of sp³-hybridized carbons (Fsp3) is 0.667. The molecule has 2 rings (SSSR count). The highest BCUT2D eigenvalue weighted by molar-refractivity contribution is 7.99. The minimum atomic E-state index is 0.482. The molecular formula is C15H24N2S. The summed E-state index contributed by atoms with van der Waals surface area (Å²) in [5, 5.41) is 3.63. The zero-order valence-electron chi connectivity index (χ0n) is 11.5. The van der Waals surface area contributed by atoms with Gasteiger partial charge in [-0.1, -0.05) is 13.0 Å². The Morgan fingerprint density at radius 2 is 2.17 bits per heavy atom. The molecule has 3 heteroatoms. The van der Waals surface area contributed by atoms with Crippen LogP contribution in [0.5, 0.6) is 0 Å². The first-order valence-electron chi connectivity index (χ1n) is 7.02. The van der Waals surface area contributed by atoms with Crippen LogP contribution in [0.3, 0.4) is 0 Å². The molecule has 0 bridgehead atoms. The molecule has 1 aromatic rings. The second-order valence-corrected chi connectivity index (χ2v) is 6.42. The van der Waals surface area contributed by atoms with Crippen LogP contribution in [0.2, 0.25) is 0 Å². The van der Waals surface area contributed by atoms with Crippen molar-refractivity contribution < 1.29 is 0 Å². The van der Waals surface area contributed by atoms with Gasteiger partial charge in [0.15, 0.2) is 0 Å². The number of aryl methyl sites for hydroxylation is 1. The van der Waals surface area contributed by atoms with Crippen molar-refractivity contribution in [2.24, 2.45) is 5.92 Å². The molecule has 1 N–H and O–H groups in total. The van der Waals surface area contributed by atoms with Crippen molar-refractivity contribution in [3.05, 3.63) is 29.6 Å². The molecule has 1 fully saturated rings. The quantitative estimate of drug-likeness (QED) is 0.880. The number of nitrogens with one attached hydrogen (secondary N) is 1. The number of hydrogen-bond acceptors (Lipinski definition) is 3. The number of hydrogen-bond donors (Lipinski definition) is 1. The highest BCUT2D eigenvalue weighted by Gasteiger charge is 2.20. The Bertz CT molecular complexity index is 361. The van der Waals surface area contributed by atoms with Gasteiger partial charge < -0.3 is 5.32 Å². The zero-order chi connectivity index (χ0) is 12.8. The molecule has 1 aliphatic rings. The lowest BCUT2D eigenvalue weighted by Crippen LogP contribution is -2.25. The second-order valence-electron chi connectivity index (χ2n) is 5.20. The average molecular weight is 264 g/mol. The summed E-state index contributed by atoms with van der Waals surface area (Å²) in [5.74, 6) is 3.57. The van der Waals surface area contributed by atoms with E-state index in [0.717, 1.165) is 12.5 Å². The minimum Gasteiger partial charge on any atom is -0.310 e. The second kappa shape index (κ2) is 7.15. The molecule has 0 spiro atoms. The highest BCUT2D eigenvalue weighted by Crippen LogP contribution is 2.30. The molecular weight excluding hydrogens is 240 g/mol. The predicted molar refractivity (Wildman–Crippen MR) is 80.1 cm³/mol. The van der Waals surface area contributed by atoms with Gasteiger partial charge in [-0.15, -0.1) is 0 Å². The first-order valence-corrected chi connectivity index (χ1v) is 8.17. The van der Waals surface area contributed by atoms with Crippen LogP contribution in [0, 0.1) is 12.8 Å². The van der Waals surface area contributed by atoms with Crippen molar-refractivity contribution >= 4 is 11.8 Å². The molecule has 1 unspecified atom stereocenters. The fourth-order valence-corrected chi connectivity index (χ4v) is 3.87. The van der Waals surface area contributed by atoms with Crippen molar-refractivity contribution in [1.29, 1.82) is 0 Å². The SMILES string of the molecule is CCNC(CC1CCSCC1)c1cncc(C)c1. The molecule has 2 heterocycles. The van der Waals surface area contributed by atoms with Crippen molar-refractivity contribution in [2.75, 3.05) is 18.1 Å². The third-order valence-electron chi connectivity index (χ3n) is 3.66. The Hall–Kier alpha value is -0.540. The van der Waals surface area contributed by atoms with Crippen LogP contribution >= 0.6 is 11.8 Å². The van der Waals surface area contributed by atoms with E-state index in [-0.39, 0.29) is 0 Å². The third-order valence-corrected chi connectivity index (χ3v) is 4.71. The monoisotopic (exact) mass is 264 g/mol. The number of rotatable bonds is 5. The fourth-order valence-electron chi connectivity index (χ4n) is 2.67. The van der Waals surface area contributed by atoms with Gasteiger partial charge in [-0.2, -0.15) is 11.8 Å². The Labute approximate surface area is 115 Å². The number of thioether (sulfide) groups is 1. The first-order chi connectivity index (χ1) is 8.79. The van der Waals surface area contributed by atoms with Gasteiger partial charge in [0.05, 0.1) is 0 Å². The van der Waals surface area contributed by atoms with Gasteiger partial charge in [0.2, 0.25) is 0 Å². The average Bonchev–Trinajstić information content (AvgIpc) is 2.39. The summed E-state index contributed by atoms with van der Waals surface area (Å²) in [5.41, 5.74) is 2.62. The van der Waals surface area contributed by atoms with Crippen LogP contribution in [0.4, 0.5) is 0 Å². The maximum absolute atomic E-state index is 4.34. The molecule has 2 nitrogen and oxygen atoms in total. The first kappa shape index (κ1) is 13.9. The largest absolute Gasteiger partial charge is 0.310 e. The molecule has 0 radical (unpaired) electrons. The van der Waals surface area contributed by atoms with E-state index in [1.165, 1.54) is 41.9 Å². The predicted octanol–water partition coefficient (Wildman–Crippen LogP) is 3.57. The van der Waals surface area contributed by atoms with Gasteiger partial charge in [-0.05, 0) is 61.3 Å². The van der Waals surface area contributed by atoms with E-state index in [1.54, 1.807) is 0 Å². The number of pyridine rings is 1. The molecule has 1 aliphatic heterocycles. The maximum Gasteiger partial charge on any atom is 0.0338 e. The van der Waals surface area contributed by atoms with Crippen molar-refractivity contribution in [1.82, 2.24) is 10.3 Å². The minimum absolute atomic E-state index is 0.482. The van der Waals surface area contributed by atoms with Gasteiger partial charge in [-0.3, -0.25) is 4.98 Å². The lowest BCUT2D eigenvalue weighted by atomic mass is 9.91. The van der Waals surface area contributed by atoms with E-state index in [0.29, 0.717) is 6.04 Å². The van der Waals surface area contributed by atoms with Crippen LogP contribution in [-0.4, -0.2) is 23.0 Å². The van der Waals surface area contributed by atoms with Gasteiger partial charge >= 0.3 is 0 Å². The normalized spacial score (nSPS) is 18.8. The molecule has 18 heavy (non-hydrogen) atoms. The molecule has 0 amide bonds. The van der Waals surface area contributed by atoms with E-state index >= 15 is 0 Å². The number of aromatic nitrogens is 1. The van der Waals surface area contributed by atoms with Crippen LogP contribution in [0.15, 0.2) is 18.5 Å². The smallest absolute Gasteiger partial charge is 0.0338 e. The van der Waals surface area contributed by atoms with Gasteiger partial charge in [0, 0.05) is 18.4 Å². The van der Waals surface area contributed by atoms with E-state index in [9.17, 15) is 0 Å². The summed E-state index contributed by atoms with van der Waals surface area (Å²) < 4.78 is 0. The van der Waals surface area contributed by atoms with Crippen LogP contribution in [0.25, 0.3) is 0 Å². The van der Waals surface area contributed by atoms with E-state index in [2.05, 4.69) is 42.0 Å². The van der Waals surface area contributed by atoms with Crippen molar-refractivity contribution in [3.63, 3.8) is 0 Å². The maximum atomic E-state index is 4.34. The summed E-state index contributed by atoms with van der Waals surface area (Å²) in [7, 11) is 0. The summed E-state index contributed by atoms with van der Waals surface area (Å²) >= 11 is 2.10. The molecule has 1 aromatic heterocycles. The molecule has 100 valence electrons. The Kier molecular flexibility index (Phi) is 5.51. The summed E-state index contributed by atoms with van der Waals surface area (Å²) in [6.07, 6.45) is 7.98. The summed E-state index contributed by atoms with van der Waals surface area (Å²) in [4.78, 5) is 4.34. The topological polar surface area (TPSA) is 24.9 Å². The van der Waals surface area contributed by atoms with Crippen LogP contribution in [-0.2, 0) is 0 Å². The van der Waals surface area contributed by atoms with E-state index < -0.39 is 0 Å². The van der Waals surface area contributed by atoms with Crippen LogP contribution < -0.4 is 5.32 Å². The summed E-state index contributed by atoms with van der Waals surface area (Å²) in [6.45, 7) is 5.34. The Balaban J connectivity index is 2.02. The van der Waals surface area contributed by atoms with Crippen LogP contribution in [0.1, 0.15) is 43.4 Å². The van der Waals surface area contributed by atoms with E-state index in [1.807, 2.05) is 12.4 Å². The number of nitrogens with zero attached hydrogens (tertiary/aromatic N) is 1. The van der Waals surface area contributed by atoms with Crippen molar-refractivity contribution in [3.8, 4) is 0 Å².